The fourth-order valence-corrected chi connectivity index (χ4v) is 3.94. The Morgan fingerprint density at radius 2 is 1.93 bits per heavy atom. The topological polar surface area (TPSA) is 78.9 Å². The number of anilines is 1. The van der Waals surface area contributed by atoms with Crippen LogP contribution in [0.25, 0.3) is 11.1 Å². The summed E-state index contributed by atoms with van der Waals surface area (Å²) in [6, 6.07) is 9.41. The zero-order valence-corrected chi connectivity index (χ0v) is 15.4. The minimum absolute atomic E-state index is 0.272. The highest BCUT2D eigenvalue weighted by molar-refractivity contribution is 6.28. The van der Waals surface area contributed by atoms with E-state index in [4.69, 9.17) is 9.41 Å². The third kappa shape index (κ3) is 2.20. The molecule has 6 heteroatoms. The quantitative estimate of drug-likeness (QED) is 0.716. The van der Waals surface area contributed by atoms with Crippen molar-refractivity contribution in [3.63, 3.8) is 0 Å². The molecule has 0 saturated carbocycles. The Balaban J connectivity index is 1.66. The Bertz CT molecular complexity index is 1160. The monoisotopic (exact) mass is 361 g/mol. The van der Waals surface area contributed by atoms with Crippen LogP contribution in [0.5, 0.6) is 0 Å². The highest BCUT2D eigenvalue weighted by Gasteiger charge is 2.52. The summed E-state index contributed by atoms with van der Waals surface area (Å²) in [7, 11) is 0. The van der Waals surface area contributed by atoms with Gasteiger partial charge in [-0.05, 0) is 55.3 Å². The van der Waals surface area contributed by atoms with E-state index in [2.05, 4.69) is 4.98 Å². The fraction of sp³-hybridized carbons (Fsp3) is 0.286. The van der Waals surface area contributed by atoms with E-state index in [9.17, 15) is 9.90 Å². The summed E-state index contributed by atoms with van der Waals surface area (Å²) >= 11 is 0. The molecule has 1 N–H and O–H groups in total. The van der Waals surface area contributed by atoms with Gasteiger partial charge in [0.25, 0.3) is 0 Å². The first kappa shape index (κ1) is 16.2. The summed E-state index contributed by atoms with van der Waals surface area (Å²) in [5.41, 5.74) is 3.92. The molecule has 27 heavy (non-hydrogen) atoms. The van der Waals surface area contributed by atoms with Crippen molar-refractivity contribution in [1.29, 1.82) is 0 Å². The van der Waals surface area contributed by atoms with Crippen LogP contribution in [-0.4, -0.2) is 33.9 Å². The molecule has 1 unspecified atom stereocenters. The summed E-state index contributed by atoms with van der Waals surface area (Å²) in [6.07, 6.45) is 0.312. The third-order valence-electron chi connectivity index (χ3n) is 5.57. The molecule has 0 amide bonds. The maximum Gasteiger partial charge on any atom is 0.204 e. The highest BCUT2D eigenvalue weighted by atomic mass is 16.3. The van der Waals surface area contributed by atoms with Crippen molar-refractivity contribution >= 4 is 34.1 Å². The molecule has 1 saturated heterocycles. The number of nitrogens with zero attached hydrogens (tertiary/aromatic N) is 3. The number of oxazole rings is 1. The number of Topliss-reactive ketones (excluding diaryl/α,β-unsaturated/α-hetero) is 1. The van der Waals surface area contributed by atoms with Gasteiger partial charge in [0.05, 0.1) is 5.69 Å². The molecule has 2 aliphatic rings. The number of ketones is 1. The van der Waals surface area contributed by atoms with Crippen LogP contribution in [0.4, 0.5) is 11.4 Å². The molecule has 2 aromatic carbocycles. The van der Waals surface area contributed by atoms with Gasteiger partial charge in [-0.25, -0.2) is 9.98 Å². The number of fused-ring (bicyclic) bond motifs is 3. The third-order valence-corrected chi connectivity index (χ3v) is 5.57. The van der Waals surface area contributed by atoms with Gasteiger partial charge in [-0.15, -0.1) is 0 Å². The molecular formula is C21H19N3O3. The van der Waals surface area contributed by atoms with Gasteiger partial charge in [-0.1, -0.05) is 0 Å². The second kappa shape index (κ2) is 5.27. The van der Waals surface area contributed by atoms with E-state index in [1.807, 2.05) is 49.1 Å². The van der Waals surface area contributed by atoms with Gasteiger partial charge in [-0.2, -0.15) is 0 Å². The summed E-state index contributed by atoms with van der Waals surface area (Å²) < 4.78 is 5.54. The van der Waals surface area contributed by atoms with Gasteiger partial charge >= 0.3 is 0 Å². The normalized spacial score (nSPS) is 21.4. The number of aromatic nitrogens is 1. The first-order chi connectivity index (χ1) is 12.9. The van der Waals surface area contributed by atoms with Crippen LogP contribution in [0.2, 0.25) is 0 Å². The molecule has 0 aliphatic carbocycles. The number of carbonyl (C=O) groups excluding carboxylic acids is 1. The molecule has 3 aromatic rings. The number of carbonyl (C=O) groups is 1. The van der Waals surface area contributed by atoms with E-state index in [1.54, 1.807) is 6.92 Å². The van der Waals surface area contributed by atoms with Gasteiger partial charge < -0.3 is 14.4 Å². The maximum atomic E-state index is 13.1. The minimum Gasteiger partial charge on any atom is -0.441 e. The molecule has 0 bridgehead atoms. The van der Waals surface area contributed by atoms with Crippen LogP contribution in [0, 0.1) is 20.8 Å². The lowest BCUT2D eigenvalue weighted by Gasteiger charge is -2.30. The number of amidine groups is 1. The summed E-state index contributed by atoms with van der Waals surface area (Å²) in [5.74, 6) is 0.722. The highest BCUT2D eigenvalue weighted by Crippen LogP contribution is 2.40. The Hall–Kier alpha value is -2.99. The number of hydrogen-bond donors (Lipinski definition) is 1. The number of hydrogen-bond acceptors (Lipinski definition) is 6. The molecule has 1 atom stereocenters. The molecule has 5 rings (SSSR count). The number of aryl methyl sites for hydroxylation is 3. The predicted octanol–water partition coefficient (Wildman–Crippen LogP) is 3.62. The smallest absolute Gasteiger partial charge is 0.204 e. The predicted molar refractivity (Wildman–Crippen MR) is 103 cm³/mol. The second-order valence-electron chi connectivity index (χ2n) is 7.36. The number of aliphatic imine (C=N–C) groups is 1. The average Bonchev–Trinajstić information content (AvgIpc) is 3.16. The number of benzene rings is 2. The molecule has 0 spiro atoms. The van der Waals surface area contributed by atoms with Crippen molar-refractivity contribution in [3.8, 4) is 0 Å². The standard InChI is InChI=1S/C21H19N3O3/c1-11-8-15-16(9-12(11)2)23-20-21(26,19(15)25)6-7-24(20)14-4-5-18-17(10-14)22-13(3)27-18/h4-5,8-10,26H,6-7H2,1-3H3. The zero-order valence-electron chi connectivity index (χ0n) is 15.4. The van der Waals surface area contributed by atoms with Crippen LogP contribution < -0.4 is 4.90 Å². The lowest BCUT2D eigenvalue weighted by atomic mass is 9.86. The van der Waals surface area contributed by atoms with Crippen molar-refractivity contribution in [2.75, 3.05) is 11.4 Å². The lowest BCUT2D eigenvalue weighted by molar-refractivity contribution is 0.0602. The molecule has 136 valence electrons. The van der Waals surface area contributed by atoms with Crippen LogP contribution in [0.15, 0.2) is 39.7 Å². The number of rotatable bonds is 1. The van der Waals surface area contributed by atoms with Gasteiger partial charge in [0.15, 0.2) is 17.1 Å². The molecule has 0 radical (unpaired) electrons. The van der Waals surface area contributed by atoms with Gasteiger partial charge in [0, 0.05) is 31.1 Å². The van der Waals surface area contributed by atoms with Crippen molar-refractivity contribution in [2.24, 2.45) is 4.99 Å². The molecular weight excluding hydrogens is 342 g/mol. The Morgan fingerprint density at radius 1 is 1.15 bits per heavy atom. The molecule has 6 nitrogen and oxygen atoms in total. The first-order valence-electron chi connectivity index (χ1n) is 8.99. The van der Waals surface area contributed by atoms with E-state index >= 15 is 0 Å². The Kier molecular flexibility index (Phi) is 3.16. The minimum atomic E-state index is -1.58. The number of aliphatic hydroxyl groups is 1. The zero-order chi connectivity index (χ0) is 18.9. The van der Waals surface area contributed by atoms with Crippen LogP contribution in [0.1, 0.15) is 33.8 Å². The lowest BCUT2D eigenvalue weighted by Crippen LogP contribution is -2.48. The Labute approximate surface area is 156 Å². The van der Waals surface area contributed by atoms with Crippen LogP contribution in [-0.2, 0) is 0 Å². The van der Waals surface area contributed by atoms with Gasteiger partial charge in [0.1, 0.15) is 11.4 Å². The van der Waals surface area contributed by atoms with Gasteiger partial charge in [-0.3, -0.25) is 4.79 Å². The molecule has 1 aromatic heterocycles. The molecule has 1 fully saturated rings. The second-order valence-corrected chi connectivity index (χ2v) is 7.36. The maximum absolute atomic E-state index is 13.1. The van der Waals surface area contributed by atoms with E-state index in [0.717, 1.165) is 22.3 Å². The van der Waals surface area contributed by atoms with Crippen molar-refractivity contribution in [1.82, 2.24) is 4.98 Å². The largest absolute Gasteiger partial charge is 0.441 e. The van der Waals surface area contributed by atoms with Crippen LogP contribution in [0.3, 0.4) is 0 Å². The molecule has 3 heterocycles. The average molecular weight is 361 g/mol. The summed E-state index contributed by atoms with van der Waals surface area (Å²) in [5, 5.41) is 11.2. The van der Waals surface area contributed by atoms with E-state index < -0.39 is 5.60 Å². The van der Waals surface area contributed by atoms with E-state index in [0.29, 0.717) is 41.5 Å². The van der Waals surface area contributed by atoms with Crippen molar-refractivity contribution in [3.05, 3.63) is 52.9 Å². The SMILES string of the molecule is Cc1nc2cc(N3CCC4(O)C(=O)c5cc(C)c(C)cc5N=C34)ccc2o1. The van der Waals surface area contributed by atoms with Crippen molar-refractivity contribution in [2.45, 2.75) is 32.8 Å². The van der Waals surface area contributed by atoms with Crippen molar-refractivity contribution < 1.29 is 14.3 Å². The molecule has 2 aliphatic heterocycles. The van der Waals surface area contributed by atoms with E-state index in [1.165, 1.54) is 0 Å². The van der Waals surface area contributed by atoms with Crippen LogP contribution >= 0.6 is 0 Å². The summed E-state index contributed by atoms with van der Waals surface area (Å²) in [4.78, 5) is 24.1. The van der Waals surface area contributed by atoms with E-state index in [-0.39, 0.29) is 5.78 Å². The Morgan fingerprint density at radius 3 is 2.74 bits per heavy atom. The first-order valence-corrected chi connectivity index (χ1v) is 8.99. The summed E-state index contributed by atoms with van der Waals surface area (Å²) in [6.45, 7) is 6.27. The van der Waals surface area contributed by atoms with Gasteiger partial charge in [0.2, 0.25) is 5.78 Å². The fourth-order valence-electron chi connectivity index (χ4n) is 3.94.